The van der Waals surface area contributed by atoms with Crippen LogP contribution in [0.25, 0.3) is 0 Å². The molecule has 0 aliphatic heterocycles. The van der Waals surface area contributed by atoms with E-state index in [2.05, 4.69) is 97.0 Å². The van der Waals surface area contributed by atoms with E-state index < -0.39 is 0 Å². The van der Waals surface area contributed by atoms with Crippen molar-refractivity contribution in [2.24, 2.45) is 4.99 Å². The summed E-state index contributed by atoms with van der Waals surface area (Å²) in [6, 6.07) is 17.0. The average molecular weight is 452 g/mol. The Bertz CT molecular complexity index is 683. The molecule has 0 atom stereocenters. The molecule has 0 amide bonds. The third-order valence-corrected chi connectivity index (χ3v) is 3.73. The zero-order valence-electron chi connectivity index (χ0n) is 15.5. The zero-order chi connectivity index (χ0) is 17.4. The van der Waals surface area contributed by atoms with Crippen molar-refractivity contribution in [1.82, 2.24) is 10.6 Å². The molecule has 2 aromatic rings. The number of anilines is 1. The van der Waals surface area contributed by atoms with Gasteiger partial charge in [-0.1, -0.05) is 42.0 Å². The molecule has 0 aliphatic carbocycles. The molecule has 136 valence electrons. The van der Waals surface area contributed by atoms with Gasteiger partial charge in [-0.3, -0.25) is 0 Å². The maximum atomic E-state index is 4.68. The normalized spacial score (nSPS) is 10.8. The topological polar surface area (TPSA) is 39.7 Å². The molecule has 0 bridgehead atoms. The molecule has 0 saturated carbocycles. The third-order valence-electron chi connectivity index (χ3n) is 3.73. The smallest absolute Gasteiger partial charge is 0.191 e. The lowest BCUT2D eigenvalue weighted by Gasteiger charge is -2.15. The lowest BCUT2D eigenvalue weighted by Crippen LogP contribution is -2.36. The van der Waals surface area contributed by atoms with Gasteiger partial charge in [0.25, 0.3) is 0 Å². The van der Waals surface area contributed by atoms with Crippen molar-refractivity contribution in [2.75, 3.05) is 25.5 Å². The summed E-state index contributed by atoms with van der Waals surface area (Å²) in [6.45, 7) is 6.46. The number of hydrogen-bond acceptors (Lipinski definition) is 2. The van der Waals surface area contributed by atoms with E-state index in [4.69, 9.17) is 0 Å². The number of aryl methyl sites for hydroxylation is 1. The SMILES string of the molecule is CCNC(=NCc1cccc(C)c1)NCc1cccc(N(C)C)c1.I. The first-order chi connectivity index (χ1) is 11.6. The number of aliphatic imine (C=N–C) groups is 1. The van der Waals surface area contributed by atoms with Crippen LogP contribution in [0.2, 0.25) is 0 Å². The van der Waals surface area contributed by atoms with Crippen molar-refractivity contribution < 1.29 is 0 Å². The van der Waals surface area contributed by atoms with Crippen LogP contribution >= 0.6 is 24.0 Å². The van der Waals surface area contributed by atoms with Gasteiger partial charge in [-0.2, -0.15) is 0 Å². The van der Waals surface area contributed by atoms with E-state index >= 15 is 0 Å². The molecule has 0 aliphatic rings. The van der Waals surface area contributed by atoms with Crippen LogP contribution in [-0.2, 0) is 13.1 Å². The molecule has 25 heavy (non-hydrogen) atoms. The van der Waals surface area contributed by atoms with Gasteiger partial charge in [-0.05, 0) is 37.1 Å². The first-order valence-electron chi connectivity index (χ1n) is 8.42. The first kappa shape index (κ1) is 21.3. The fraction of sp³-hybridized carbons (Fsp3) is 0.350. The second kappa shape index (κ2) is 11.0. The van der Waals surface area contributed by atoms with Crippen LogP contribution in [-0.4, -0.2) is 26.6 Å². The Hall–Kier alpha value is -1.76. The second-order valence-electron chi connectivity index (χ2n) is 6.10. The second-order valence-corrected chi connectivity index (χ2v) is 6.10. The van der Waals surface area contributed by atoms with Crippen LogP contribution in [0.1, 0.15) is 23.6 Å². The fourth-order valence-electron chi connectivity index (χ4n) is 2.45. The lowest BCUT2D eigenvalue weighted by molar-refractivity contribution is 0.815. The monoisotopic (exact) mass is 452 g/mol. The highest BCUT2D eigenvalue weighted by Gasteiger charge is 2.01. The molecule has 0 saturated heterocycles. The van der Waals surface area contributed by atoms with Crippen molar-refractivity contribution in [1.29, 1.82) is 0 Å². The van der Waals surface area contributed by atoms with Crippen LogP contribution in [0.3, 0.4) is 0 Å². The van der Waals surface area contributed by atoms with Gasteiger partial charge in [-0.15, -0.1) is 24.0 Å². The summed E-state index contributed by atoms with van der Waals surface area (Å²) in [4.78, 5) is 6.79. The Balaban J connectivity index is 0.00000312. The van der Waals surface area contributed by atoms with Gasteiger partial charge >= 0.3 is 0 Å². The first-order valence-corrected chi connectivity index (χ1v) is 8.42. The maximum Gasteiger partial charge on any atom is 0.191 e. The minimum Gasteiger partial charge on any atom is -0.378 e. The summed E-state index contributed by atoms with van der Waals surface area (Å²) < 4.78 is 0. The number of rotatable bonds is 6. The third kappa shape index (κ3) is 7.34. The van der Waals surface area contributed by atoms with Crippen LogP contribution in [0.4, 0.5) is 5.69 Å². The van der Waals surface area contributed by atoms with Crippen LogP contribution in [0, 0.1) is 6.92 Å². The van der Waals surface area contributed by atoms with Crippen LogP contribution < -0.4 is 15.5 Å². The number of halogens is 1. The Morgan fingerprint density at radius 3 is 2.40 bits per heavy atom. The Morgan fingerprint density at radius 2 is 1.72 bits per heavy atom. The minimum atomic E-state index is 0. The predicted molar refractivity (Wildman–Crippen MR) is 119 cm³/mol. The van der Waals surface area contributed by atoms with Crippen molar-refractivity contribution in [3.05, 3.63) is 65.2 Å². The molecule has 2 N–H and O–H groups in total. The van der Waals surface area contributed by atoms with E-state index in [1.807, 2.05) is 0 Å². The molecule has 0 aromatic heterocycles. The molecule has 5 heteroatoms. The highest BCUT2D eigenvalue weighted by molar-refractivity contribution is 14.0. The molecule has 4 nitrogen and oxygen atoms in total. The summed E-state index contributed by atoms with van der Waals surface area (Å²) in [5.74, 6) is 0.842. The summed E-state index contributed by atoms with van der Waals surface area (Å²) in [6.07, 6.45) is 0. The summed E-state index contributed by atoms with van der Waals surface area (Å²) >= 11 is 0. The molecule has 0 radical (unpaired) electrons. The van der Waals surface area contributed by atoms with E-state index in [0.717, 1.165) is 19.0 Å². The van der Waals surface area contributed by atoms with Crippen molar-refractivity contribution in [3.63, 3.8) is 0 Å². The molecule has 0 heterocycles. The van der Waals surface area contributed by atoms with Crippen molar-refractivity contribution in [3.8, 4) is 0 Å². The number of guanidine groups is 1. The molecular weight excluding hydrogens is 423 g/mol. The van der Waals surface area contributed by atoms with Crippen molar-refractivity contribution in [2.45, 2.75) is 26.9 Å². The van der Waals surface area contributed by atoms with E-state index in [9.17, 15) is 0 Å². The fourth-order valence-corrected chi connectivity index (χ4v) is 2.45. The lowest BCUT2D eigenvalue weighted by atomic mass is 10.1. The molecule has 2 rings (SSSR count). The van der Waals surface area contributed by atoms with E-state index in [1.165, 1.54) is 22.4 Å². The molecular formula is C20H29IN4. The Labute approximate surface area is 168 Å². The Morgan fingerprint density at radius 1 is 1.00 bits per heavy atom. The van der Waals surface area contributed by atoms with Gasteiger partial charge in [0.1, 0.15) is 0 Å². The minimum absolute atomic E-state index is 0. The molecule has 2 aromatic carbocycles. The van der Waals surface area contributed by atoms with Crippen LogP contribution in [0.5, 0.6) is 0 Å². The summed E-state index contributed by atoms with van der Waals surface area (Å²) in [5, 5.41) is 6.71. The van der Waals surface area contributed by atoms with Gasteiger partial charge in [0.2, 0.25) is 0 Å². The standard InChI is InChI=1S/C20H28N4.HI/c1-5-21-20(22-14-17-9-6-8-16(2)12-17)23-15-18-10-7-11-19(13-18)24(3)4;/h6-13H,5,14-15H2,1-4H3,(H2,21,22,23);1H. The molecule has 0 spiro atoms. The number of benzene rings is 2. The summed E-state index contributed by atoms with van der Waals surface area (Å²) in [7, 11) is 4.11. The molecule has 0 unspecified atom stereocenters. The van der Waals surface area contributed by atoms with E-state index in [1.54, 1.807) is 0 Å². The largest absolute Gasteiger partial charge is 0.378 e. The highest BCUT2D eigenvalue weighted by atomic mass is 127. The van der Waals surface area contributed by atoms with E-state index in [-0.39, 0.29) is 24.0 Å². The molecule has 0 fully saturated rings. The van der Waals surface area contributed by atoms with Gasteiger partial charge in [0, 0.05) is 32.9 Å². The Kier molecular flexibility index (Phi) is 9.34. The van der Waals surface area contributed by atoms with Gasteiger partial charge < -0.3 is 15.5 Å². The number of hydrogen-bond donors (Lipinski definition) is 2. The quantitative estimate of drug-likeness (QED) is 0.397. The van der Waals surface area contributed by atoms with Gasteiger partial charge in [0.05, 0.1) is 6.54 Å². The van der Waals surface area contributed by atoms with Crippen LogP contribution in [0.15, 0.2) is 53.5 Å². The predicted octanol–water partition coefficient (Wildman–Crippen LogP) is 3.93. The highest BCUT2D eigenvalue weighted by Crippen LogP contribution is 2.13. The number of nitrogens with one attached hydrogen (secondary N) is 2. The number of nitrogens with zero attached hydrogens (tertiary/aromatic N) is 2. The summed E-state index contributed by atoms with van der Waals surface area (Å²) in [5.41, 5.74) is 4.93. The van der Waals surface area contributed by atoms with E-state index in [0.29, 0.717) is 6.54 Å². The maximum absolute atomic E-state index is 4.68. The zero-order valence-corrected chi connectivity index (χ0v) is 17.9. The average Bonchev–Trinajstić information content (AvgIpc) is 2.57. The van der Waals surface area contributed by atoms with Gasteiger partial charge in [0.15, 0.2) is 5.96 Å². The van der Waals surface area contributed by atoms with Gasteiger partial charge in [-0.25, -0.2) is 4.99 Å². The van der Waals surface area contributed by atoms with Crippen molar-refractivity contribution >= 4 is 35.6 Å².